The highest BCUT2D eigenvalue weighted by molar-refractivity contribution is 5.97. The molecule has 3 heterocycles. The van der Waals surface area contributed by atoms with E-state index in [0.717, 1.165) is 6.42 Å². The van der Waals surface area contributed by atoms with Crippen LogP contribution in [0.4, 0.5) is 0 Å². The predicted octanol–water partition coefficient (Wildman–Crippen LogP) is 0.193. The van der Waals surface area contributed by atoms with Crippen molar-refractivity contribution in [1.82, 2.24) is 15.2 Å². The Bertz CT molecular complexity index is 621. The second kappa shape index (κ2) is 6.16. The monoisotopic (exact) mass is 319 g/mol. The first-order chi connectivity index (χ1) is 11.1. The summed E-state index contributed by atoms with van der Waals surface area (Å²) in [6.45, 7) is 1.27. The highest BCUT2D eigenvalue weighted by atomic mass is 16.5. The molecule has 2 saturated heterocycles. The van der Waals surface area contributed by atoms with Gasteiger partial charge in [-0.2, -0.15) is 0 Å². The van der Waals surface area contributed by atoms with Crippen LogP contribution < -0.4 is 10.1 Å². The van der Waals surface area contributed by atoms with Crippen molar-refractivity contribution in [2.24, 2.45) is 5.41 Å². The Balaban J connectivity index is 1.86. The number of methoxy groups -OCH3 is 1. The van der Waals surface area contributed by atoms with Crippen LogP contribution in [0, 0.1) is 5.41 Å². The molecule has 2 N–H and O–H groups in total. The van der Waals surface area contributed by atoms with Gasteiger partial charge in [0.25, 0.3) is 5.91 Å². The van der Waals surface area contributed by atoms with Crippen molar-refractivity contribution in [3.63, 3.8) is 0 Å². The Morgan fingerprint density at radius 3 is 3.13 bits per heavy atom. The van der Waals surface area contributed by atoms with Gasteiger partial charge in [-0.05, 0) is 25.3 Å². The van der Waals surface area contributed by atoms with Crippen molar-refractivity contribution >= 4 is 11.8 Å². The van der Waals surface area contributed by atoms with Gasteiger partial charge < -0.3 is 20.1 Å². The van der Waals surface area contributed by atoms with Crippen LogP contribution in [0.3, 0.4) is 0 Å². The highest BCUT2D eigenvalue weighted by Crippen LogP contribution is 2.38. The third-order valence-electron chi connectivity index (χ3n) is 4.84. The normalized spacial score (nSPS) is 27.7. The fourth-order valence-corrected chi connectivity index (χ4v) is 3.51. The largest absolute Gasteiger partial charge is 0.494 e. The number of aromatic nitrogens is 1. The van der Waals surface area contributed by atoms with Crippen LogP contribution in [0.1, 0.15) is 29.6 Å². The number of aliphatic hydroxyl groups excluding tert-OH is 1. The number of rotatable bonds is 2. The highest BCUT2D eigenvalue weighted by Gasteiger charge is 2.50. The Morgan fingerprint density at radius 1 is 1.57 bits per heavy atom. The molecule has 2 aliphatic rings. The number of hydrogen-bond acceptors (Lipinski definition) is 5. The van der Waals surface area contributed by atoms with Crippen molar-refractivity contribution in [3.8, 4) is 5.75 Å². The number of carbonyl (C=O) groups is 2. The molecule has 2 amide bonds. The standard InChI is InChI=1S/C16H21N3O4/c1-23-12-9-17-7-3-11(12)14(21)19-8-4-13(20)16(10-19)5-2-6-18-15(16)22/h3,7,9,13,20H,2,4-6,8,10H2,1H3,(H,18,22)/t13-,16+/m0/s1. The average molecular weight is 319 g/mol. The summed E-state index contributed by atoms with van der Waals surface area (Å²) in [5, 5.41) is 13.2. The number of pyridine rings is 1. The van der Waals surface area contributed by atoms with Crippen molar-refractivity contribution in [3.05, 3.63) is 24.0 Å². The molecule has 3 rings (SSSR count). The smallest absolute Gasteiger partial charge is 0.257 e. The van der Waals surface area contributed by atoms with Gasteiger partial charge in [0.15, 0.2) is 0 Å². The van der Waals surface area contributed by atoms with Crippen molar-refractivity contribution in [1.29, 1.82) is 0 Å². The molecule has 0 aromatic carbocycles. The minimum atomic E-state index is -0.896. The Kier molecular flexibility index (Phi) is 4.21. The van der Waals surface area contributed by atoms with Gasteiger partial charge in [0.1, 0.15) is 5.75 Å². The van der Waals surface area contributed by atoms with Gasteiger partial charge in [0, 0.05) is 25.8 Å². The molecule has 1 spiro atoms. The summed E-state index contributed by atoms with van der Waals surface area (Å²) < 4.78 is 5.20. The summed E-state index contributed by atoms with van der Waals surface area (Å²) in [6, 6.07) is 1.61. The fourth-order valence-electron chi connectivity index (χ4n) is 3.51. The number of likely N-dealkylation sites (tertiary alicyclic amines) is 1. The van der Waals surface area contributed by atoms with E-state index in [1.54, 1.807) is 11.0 Å². The third-order valence-corrected chi connectivity index (χ3v) is 4.84. The van der Waals surface area contributed by atoms with Gasteiger partial charge in [-0.25, -0.2) is 0 Å². The number of hydrogen-bond donors (Lipinski definition) is 2. The fraction of sp³-hybridized carbons (Fsp3) is 0.562. The first kappa shape index (κ1) is 15.7. The van der Waals surface area contributed by atoms with Gasteiger partial charge in [-0.1, -0.05) is 0 Å². The molecule has 0 aliphatic carbocycles. The molecular weight excluding hydrogens is 298 g/mol. The number of piperidine rings is 2. The second-order valence-electron chi connectivity index (χ2n) is 6.12. The van der Waals surface area contributed by atoms with E-state index in [2.05, 4.69) is 10.3 Å². The Morgan fingerprint density at radius 2 is 2.39 bits per heavy atom. The van der Waals surface area contributed by atoms with Crippen LogP contribution in [0.2, 0.25) is 0 Å². The molecular formula is C16H21N3O4. The van der Waals surface area contributed by atoms with Crippen LogP contribution in [0.5, 0.6) is 5.75 Å². The van der Waals surface area contributed by atoms with Gasteiger partial charge in [0.05, 0.1) is 30.4 Å². The van der Waals surface area contributed by atoms with E-state index in [0.29, 0.717) is 37.2 Å². The van der Waals surface area contributed by atoms with E-state index in [4.69, 9.17) is 4.74 Å². The molecule has 0 saturated carbocycles. The van der Waals surface area contributed by atoms with E-state index in [-0.39, 0.29) is 18.4 Å². The lowest BCUT2D eigenvalue weighted by molar-refractivity contribution is -0.147. The molecule has 0 radical (unpaired) electrons. The Labute approximate surface area is 134 Å². The van der Waals surface area contributed by atoms with Crippen LogP contribution >= 0.6 is 0 Å². The molecule has 124 valence electrons. The third kappa shape index (κ3) is 2.65. The van der Waals surface area contributed by atoms with Crippen LogP contribution in [0.25, 0.3) is 0 Å². The summed E-state index contributed by atoms with van der Waals surface area (Å²) in [6.07, 6.45) is 4.12. The van der Waals surface area contributed by atoms with E-state index < -0.39 is 11.5 Å². The quantitative estimate of drug-likeness (QED) is 0.812. The summed E-state index contributed by atoms with van der Waals surface area (Å²) in [5.74, 6) is 0.0510. The van der Waals surface area contributed by atoms with Crippen LogP contribution in [-0.4, -0.2) is 59.7 Å². The molecule has 23 heavy (non-hydrogen) atoms. The van der Waals surface area contributed by atoms with Gasteiger partial charge in [-0.15, -0.1) is 0 Å². The number of ether oxygens (including phenoxy) is 1. The molecule has 2 aliphatic heterocycles. The number of nitrogens with zero attached hydrogens (tertiary/aromatic N) is 2. The summed E-state index contributed by atoms with van der Waals surface area (Å²) in [7, 11) is 1.49. The van der Waals surface area contributed by atoms with Gasteiger partial charge in [0.2, 0.25) is 5.91 Å². The number of nitrogens with one attached hydrogen (secondary N) is 1. The molecule has 0 bridgehead atoms. The average Bonchev–Trinajstić information content (AvgIpc) is 2.59. The van der Waals surface area contributed by atoms with Crippen LogP contribution in [0.15, 0.2) is 18.5 Å². The maximum absolute atomic E-state index is 12.8. The zero-order valence-electron chi connectivity index (χ0n) is 13.1. The molecule has 1 aromatic heterocycles. The minimum Gasteiger partial charge on any atom is -0.494 e. The second-order valence-corrected chi connectivity index (χ2v) is 6.12. The first-order valence-electron chi connectivity index (χ1n) is 7.82. The van der Waals surface area contributed by atoms with Gasteiger partial charge >= 0.3 is 0 Å². The first-order valence-corrected chi connectivity index (χ1v) is 7.82. The molecule has 0 unspecified atom stereocenters. The van der Waals surface area contributed by atoms with Crippen molar-refractivity contribution < 1.29 is 19.4 Å². The summed E-state index contributed by atoms with van der Waals surface area (Å²) in [4.78, 5) is 30.8. The number of carbonyl (C=O) groups excluding carboxylic acids is 2. The maximum atomic E-state index is 12.8. The zero-order valence-corrected chi connectivity index (χ0v) is 13.1. The van der Waals surface area contributed by atoms with E-state index >= 15 is 0 Å². The van der Waals surface area contributed by atoms with E-state index in [1.807, 2.05) is 0 Å². The lowest BCUT2D eigenvalue weighted by atomic mass is 9.71. The van der Waals surface area contributed by atoms with E-state index in [1.165, 1.54) is 19.5 Å². The molecule has 1 aromatic rings. The Hall–Kier alpha value is -2.15. The summed E-state index contributed by atoms with van der Waals surface area (Å²) >= 11 is 0. The number of amides is 2. The topological polar surface area (TPSA) is 91.8 Å². The lowest BCUT2D eigenvalue weighted by Crippen LogP contribution is -2.62. The van der Waals surface area contributed by atoms with E-state index in [9.17, 15) is 14.7 Å². The van der Waals surface area contributed by atoms with Crippen LogP contribution in [-0.2, 0) is 4.79 Å². The van der Waals surface area contributed by atoms with Gasteiger partial charge in [-0.3, -0.25) is 14.6 Å². The molecule has 2 fully saturated rings. The molecule has 2 atom stereocenters. The SMILES string of the molecule is COc1cnccc1C(=O)N1CC[C@H](O)[C@@]2(CCCNC2=O)C1. The molecule has 7 nitrogen and oxygen atoms in total. The number of aliphatic hydroxyl groups is 1. The van der Waals surface area contributed by atoms with Crippen molar-refractivity contribution in [2.75, 3.05) is 26.7 Å². The van der Waals surface area contributed by atoms with Crippen molar-refractivity contribution in [2.45, 2.75) is 25.4 Å². The maximum Gasteiger partial charge on any atom is 0.257 e. The zero-order chi connectivity index (χ0) is 16.4. The molecule has 7 heteroatoms. The summed E-state index contributed by atoms with van der Waals surface area (Å²) in [5.41, 5.74) is -0.475. The predicted molar refractivity (Wildman–Crippen MR) is 82.0 cm³/mol. The minimum absolute atomic E-state index is 0.157. The lowest BCUT2D eigenvalue weighted by Gasteiger charge is -2.46.